The minimum Gasteiger partial charge on any atom is -0.368 e. The molecule has 2 atom stereocenters. The first-order valence-corrected chi connectivity index (χ1v) is 6.92. The molecule has 2 rings (SSSR count). The third-order valence-corrected chi connectivity index (χ3v) is 3.81. The maximum Gasteiger partial charge on any atom is 0.236 e. The predicted octanol–water partition coefficient (Wildman–Crippen LogP) is 1.49. The minimum atomic E-state index is -0.442. The fourth-order valence-corrected chi connectivity index (χ4v) is 2.67. The van der Waals surface area contributed by atoms with Crippen LogP contribution in [0.4, 0.5) is 5.69 Å². The standard InChI is InChI=1S/C13H18BrN3O/c1-9(15)13(18)16-10-6-7-17(8-10)12-5-3-2-4-11(12)14/h2-5,9-10H,6-8,15H2,1H3,(H,16,18)/t9-,10?/m1/s1. The molecule has 1 saturated heterocycles. The van der Waals surface area contributed by atoms with E-state index in [-0.39, 0.29) is 11.9 Å². The van der Waals surface area contributed by atoms with E-state index in [1.165, 1.54) is 5.69 Å². The van der Waals surface area contributed by atoms with Gasteiger partial charge in [0.05, 0.1) is 11.7 Å². The second-order valence-corrected chi connectivity index (χ2v) is 5.53. The van der Waals surface area contributed by atoms with Crippen LogP contribution in [0.5, 0.6) is 0 Å². The molecule has 1 heterocycles. The number of para-hydroxylation sites is 1. The highest BCUT2D eigenvalue weighted by Crippen LogP contribution is 2.28. The van der Waals surface area contributed by atoms with Gasteiger partial charge in [-0.05, 0) is 41.4 Å². The van der Waals surface area contributed by atoms with Gasteiger partial charge in [-0.1, -0.05) is 12.1 Å². The first kappa shape index (κ1) is 13.4. The van der Waals surface area contributed by atoms with Crippen LogP contribution in [0.1, 0.15) is 13.3 Å². The summed E-state index contributed by atoms with van der Waals surface area (Å²) in [6.07, 6.45) is 0.958. The molecule has 0 bridgehead atoms. The van der Waals surface area contributed by atoms with Crippen molar-refractivity contribution in [1.82, 2.24) is 5.32 Å². The van der Waals surface area contributed by atoms with E-state index in [0.29, 0.717) is 0 Å². The van der Waals surface area contributed by atoms with E-state index in [9.17, 15) is 4.79 Å². The summed E-state index contributed by atoms with van der Waals surface area (Å²) in [6.45, 7) is 3.49. The van der Waals surface area contributed by atoms with E-state index in [0.717, 1.165) is 24.0 Å². The van der Waals surface area contributed by atoms with Crippen molar-refractivity contribution >= 4 is 27.5 Å². The zero-order valence-electron chi connectivity index (χ0n) is 10.4. The number of amides is 1. The van der Waals surface area contributed by atoms with Gasteiger partial charge in [0.1, 0.15) is 0 Å². The van der Waals surface area contributed by atoms with Crippen molar-refractivity contribution in [3.8, 4) is 0 Å². The van der Waals surface area contributed by atoms with E-state index >= 15 is 0 Å². The number of carbonyl (C=O) groups is 1. The Labute approximate surface area is 116 Å². The topological polar surface area (TPSA) is 58.4 Å². The van der Waals surface area contributed by atoms with Gasteiger partial charge in [-0.25, -0.2) is 0 Å². The molecule has 4 nitrogen and oxygen atoms in total. The number of nitrogens with one attached hydrogen (secondary N) is 1. The number of rotatable bonds is 3. The van der Waals surface area contributed by atoms with Gasteiger partial charge in [0.25, 0.3) is 0 Å². The molecule has 1 aliphatic rings. The zero-order valence-corrected chi connectivity index (χ0v) is 12.0. The highest BCUT2D eigenvalue weighted by Gasteiger charge is 2.25. The first-order chi connectivity index (χ1) is 8.58. The number of anilines is 1. The highest BCUT2D eigenvalue weighted by molar-refractivity contribution is 9.10. The Hall–Kier alpha value is -1.07. The molecule has 1 aromatic rings. The van der Waals surface area contributed by atoms with Crippen LogP contribution in [0.3, 0.4) is 0 Å². The Morgan fingerprint density at radius 3 is 2.94 bits per heavy atom. The van der Waals surface area contributed by atoms with Gasteiger partial charge < -0.3 is 16.0 Å². The van der Waals surface area contributed by atoms with Crippen molar-refractivity contribution in [3.63, 3.8) is 0 Å². The molecule has 1 unspecified atom stereocenters. The summed E-state index contributed by atoms with van der Waals surface area (Å²) >= 11 is 3.55. The molecule has 0 radical (unpaired) electrons. The molecular weight excluding hydrogens is 294 g/mol. The smallest absolute Gasteiger partial charge is 0.236 e. The third kappa shape index (κ3) is 3.03. The maximum atomic E-state index is 11.5. The fraction of sp³-hybridized carbons (Fsp3) is 0.462. The van der Waals surface area contributed by atoms with Gasteiger partial charge in [0, 0.05) is 23.6 Å². The van der Waals surface area contributed by atoms with E-state index in [1.54, 1.807) is 6.92 Å². The highest BCUT2D eigenvalue weighted by atomic mass is 79.9. The van der Waals surface area contributed by atoms with Gasteiger partial charge in [0.15, 0.2) is 0 Å². The molecule has 0 saturated carbocycles. The van der Waals surface area contributed by atoms with Crippen LogP contribution in [0.25, 0.3) is 0 Å². The Balaban J connectivity index is 1.97. The van der Waals surface area contributed by atoms with Crippen molar-refractivity contribution in [1.29, 1.82) is 0 Å². The van der Waals surface area contributed by atoms with Crippen LogP contribution in [0.15, 0.2) is 28.7 Å². The number of benzene rings is 1. The largest absolute Gasteiger partial charge is 0.368 e. The van der Waals surface area contributed by atoms with E-state index in [4.69, 9.17) is 5.73 Å². The van der Waals surface area contributed by atoms with Crippen LogP contribution in [-0.4, -0.2) is 31.1 Å². The summed E-state index contributed by atoms with van der Waals surface area (Å²) < 4.78 is 1.09. The number of hydrogen-bond acceptors (Lipinski definition) is 3. The van der Waals surface area contributed by atoms with Crippen LogP contribution in [0, 0.1) is 0 Å². The molecule has 0 spiro atoms. The van der Waals surface area contributed by atoms with Crippen LogP contribution < -0.4 is 16.0 Å². The van der Waals surface area contributed by atoms with Gasteiger partial charge in [-0.2, -0.15) is 0 Å². The summed E-state index contributed by atoms with van der Waals surface area (Å²) in [5, 5.41) is 2.98. The van der Waals surface area contributed by atoms with Crippen molar-refractivity contribution in [2.24, 2.45) is 5.73 Å². The van der Waals surface area contributed by atoms with Crippen LogP contribution in [0.2, 0.25) is 0 Å². The Morgan fingerprint density at radius 1 is 1.56 bits per heavy atom. The maximum absolute atomic E-state index is 11.5. The molecule has 1 aliphatic heterocycles. The number of nitrogens with two attached hydrogens (primary N) is 1. The second kappa shape index (κ2) is 5.71. The Bertz CT molecular complexity index is 436. The zero-order chi connectivity index (χ0) is 13.1. The number of hydrogen-bond donors (Lipinski definition) is 2. The average Bonchev–Trinajstić information content (AvgIpc) is 2.77. The molecular formula is C13H18BrN3O. The minimum absolute atomic E-state index is 0.0750. The van der Waals surface area contributed by atoms with Gasteiger partial charge >= 0.3 is 0 Å². The van der Waals surface area contributed by atoms with Crippen LogP contribution in [-0.2, 0) is 4.79 Å². The van der Waals surface area contributed by atoms with Gasteiger partial charge in [0.2, 0.25) is 5.91 Å². The number of nitrogens with zero attached hydrogens (tertiary/aromatic N) is 1. The molecule has 0 aliphatic carbocycles. The molecule has 1 fully saturated rings. The molecule has 0 aromatic heterocycles. The summed E-state index contributed by atoms with van der Waals surface area (Å²) in [5.41, 5.74) is 6.73. The van der Waals surface area contributed by atoms with Gasteiger partial charge in [-0.3, -0.25) is 4.79 Å². The lowest BCUT2D eigenvalue weighted by Gasteiger charge is -2.20. The molecule has 98 valence electrons. The van der Waals surface area contributed by atoms with Crippen molar-refractivity contribution < 1.29 is 4.79 Å². The third-order valence-electron chi connectivity index (χ3n) is 3.14. The lowest BCUT2D eigenvalue weighted by Crippen LogP contribution is -2.44. The lowest BCUT2D eigenvalue weighted by molar-refractivity contribution is -0.122. The number of halogens is 1. The van der Waals surface area contributed by atoms with E-state index in [2.05, 4.69) is 32.2 Å². The second-order valence-electron chi connectivity index (χ2n) is 4.68. The average molecular weight is 312 g/mol. The first-order valence-electron chi connectivity index (χ1n) is 6.13. The van der Waals surface area contributed by atoms with Crippen molar-refractivity contribution in [3.05, 3.63) is 28.7 Å². The molecule has 1 amide bonds. The van der Waals surface area contributed by atoms with Crippen molar-refractivity contribution in [2.75, 3.05) is 18.0 Å². The Kier molecular flexibility index (Phi) is 4.24. The Morgan fingerprint density at radius 2 is 2.28 bits per heavy atom. The summed E-state index contributed by atoms with van der Waals surface area (Å²) in [5.74, 6) is -0.0750. The normalized spacial score (nSPS) is 20.8. The molecule has 5 heteroatoms. The molecule has 3 N–H and O–H groups in total. The monoisotopic (exact) mass is 311 g/mol. The predicted molar refractivity (Wildman–Crippen MR) is 76.6 cm³/mol. The summed E-state index contributed by atoms with van der Waals surface area (Å²) in [4.78, 5) is 13.8. The van der Waals surface area contributed by atoms with E-state index in [1.807, 2.05) is 18.2 Å². The van der Waals surface area contributed by atoms with Crippen molar-refractivity contribution in [2.45, 2.75) is 25.4 Å². The van der Waals surface area contributed by atoms with E-state index < -0.39 is 6.04 Å². The van der Waals surface area contributed by atoms with Gasteiger partial charge in [-0.15, -0.1) is 0 Å². The summed E-state index contributed by atoms with van der Waals surface area (Å²) in [7, 11) is 0. The molecule has 18 heavy (non-hydrogen) atoms. The SMILES string of the molecule is C[C@@H](N)C(=O)NC1CCN(c2ccccc2Br)C1. The lowest BCUT2D eigenvalue weighted by atomic mass is 10.2. The molecule has 1 aromatic carbocycles. The fourth-order valence-electron chi connectivity index (χ4n) is 2.14. The van der Waals surface area contributed by atoms with Crippen LogP contribution >= 0.6 is 15.9 Å². The number of carbonyl (C=O) groups excluding carboxylic acids is 1. The summed E-state index contributed by atoms with van der Waals surface area (Å²) in [6, 6.07) is 7.88. The quantitative estimate of drug-likeness (QED) is 0.889.